The van der Waals surface area contributed by atoms with Crippen LogP contribution in [0.5, 0.6) is 0 Å². The van der Waals surface area contributed by atoms with E-state index in [2.05, 4.69) is 65.0 Å². The van der Waals surface area contributed by atoms with Crippen LogP contribution in [0.2, 0.25) is 0 Å². The van der Waals surface area contributed by atoms with E-state index in [9.17, 15) is 5.11 Å². The number of piperidine rings is 4. The first-order valence-corrected chi connectivity index (χ1v) is 12.5. The number of fused-ring (bicyclic) bond motifs is 3. The van der Waals surface area contributed by atoms with Gasteiger partial charge in [0.15, 0.2) is 0 Å². The molecule has 1 N–H and O–H groups in total. The molecule has 0 unspecified atom stereocenters. The fourth-order valence-electron chi connectivity index (χ4n) is 5.55. The van der Waals surface area contributed by atoms with Gasteiger partial charge in [-0.15, -0.1) is 0 Å². The standard InChI is InChI=1S/C28H35N3O2/c1-2-33-25-13-18-31(19-14-25)27-9-8-23(26(29-27)20-22-6-4-3-5-7-22)10-15-28(32)21-30-16-11-24(28)12-17-30/h3-9,24-25,32H,2,11-14,16-21H2,1H3/t28-/m1/s1. The van der Waals surface area contributed by atoms with Gasteiger partial charge < -0.3 is 14.7 Å². The van der Waals surface area contributed by atoms with Crippen molar-refractivity contribution < 1.29 is 9.84 Å². The Labute approximate surface area is 197 Å². The van der Waals surface area contributed by atoms with E-state index in [1.165, 1.54) is 5.56 Å². The molecule has 2 bridgehead atoms. The quantitative estimate of drug-likeness (QED) is 0.714. The van der Waals surface area contributed by atoms with E-state index >= 15 is 0 Å². The summed E-state index contributed by atoms with van der Waals surface area (Å²) in [7, 11) is 0. The first-order chi connectivity index (χ1) is 16.1. The van der Waals surface area contributed by atoms with Gasteiger partial charge in [-0.25, -0.2) is 4.98 Å². The summed E-state index contributed by atoms with van der Waals surface area (Å²) in [4.78, 5) is 9.79. The Bertz CT molecular complexity index is 999. The van der Waals surface area contributed by atoms with Gasteiger partial charge >= 0.3 is 0 Å². The second kappa shape index (κ2) is 9.85. The van der Waals surface area contributed by atoms with E-state index in [1.54, 1.807) is 0 Å². The summed E-state index contributed by atoms with van der Waals surface area (Å²) in [6, 6.07) is 14.7. The first-order valence-electron chi connectivity index (χ1n) is 12.5. The molecule has 0 amide bonds. The van der Waals surface area contributed by atoms with E-state index in [0.29, 0.717) is 12.6 Å². The van der Waals surface area contributed by atoms with E-state index in [1.807, 2.05) is 6.07 Å². The summed E-state index contributed by atoms with van der Waals surface area (Å²) in [6.45, 7) is 7.61. The van der Waals surface area contributed by atoms with Crippen molar-refractivity contribution in [1.29, 1.82) is 0 Å². The Morgan fingerprint density at radius 3 is 2.45 bits per heavy atom. The predicted molar refractivity (Wildman–Crippen MR) is 131 cm³/mol. The van der Waals surface area contributed by atoms with Crippen LogP contribution in [-0.4, -0.2) is 66.0 Å². The van der Waals surface area contributed by atoms with Gasteiger partial charge in [0.2, 0.25) is 0 Å². The van der Waals surface area contributed by atoms with E-state index in [0.717, 1.165) is 82.0 Å². The van der Waals surface area contributed by atoms with Crippen LogP contribution in [0.25, 0.3) is 0 Å². The molecule has 4 aliphatic rings. The lowest BCUT2D eigenvalue weighted by Crippen LogP contribution is -2.58. The fraction of sp³-hybridized carbons (Fsp3) is 0.536. The molecule has 4 saturated heterocycles. The van der Waals surface area contributed by atoms with Crippen molar-refractivity contribution >= 4 is 5.82 Å². The second-order valence-corrected chi connectivity index (χ2v) is 9.69. The molecule has 0 radical (unpaired) electrons. The van der Waals surface area contributed by atoms with Gasteiger partial charge in [0, 0.05) is 44.1 Å². The third-order valence-electron chi connectivity index (χ3n) is 7.48. The highest BCUT2D eigenvalue weighted by atomic mass is 16.5. The van der Waals surface area contributed by atoms with Gasteiger partial charge in [-0.1, -0.05) is 42.2 Å². The van der Waals surface area contributed by atoms with Gasteiger partial charge in [-0.2, -0.15) is 0 Å². The number of hydrogen-bond acceptors (Lipinski definition) is 5. The number of aromatic nitrogens is 1. The normalized spacial score (nSPS) is 27.3. The fourth-order valence-corrected chi connectivity index (χ4v) is 5.55. The average Bonchev–Trinajstić information content (AvgIpc) is 2.85. The molecule has 33 heavy (non-hydrogen) atoms. The van der Waals surface area contributed by atoms with E-state index in [-0.39, 0.29) is 5.92 Å². The first kappa shape index (κ1) is 22.4. The van der Waals surface area contributed by atoms with Crippen LogP contribution in [0.1, 0.15) is 49.4 Å². The molecule has 5 nitrogen and oxygen atoms in total. The number of benzene rings is 1. The predicted octanol–water partition coefficient (Wildman–Crippen LogP) is 3.49. The van der Waals surface area contributed by atoms with Crippen molar-refractivity contribution in [3.05, 3.63) is 59.3 Å². The Balaban J connectivity index is 1.40. The Morgan fingerprint density at radius 2 is 1.79 bits per heavy atom. The number of rotatable bonds is 5. The van der Waals surface area contributed by atoms with Gasteiger partial charge in [0.1, 0.15) is 11.4 Å². The molecule has 0 spiro atoms. The zero-order valence-corrected chi connectivity index (χ0v) is 19.7. The number of pyridine rings is 1. The van der Waals surface area contributed by atoms with Crippen LogP contribution < -0.4 is 4.90 Å². The van der Waals surface area contributed by atoms with Crippen molar-refractivity contribution in [3.8, 4) is 11.8 Å². The number of anilines is 1. The highest BCUT2D eigenvalue weighted by Gasteiger charge is 2.44. The number of ether oxygens (including phenoxy) is 1. The highest BCUT2D eigenvalue weighted by molar-refractivity contribution is 5.49. The largest absolute Gasteiger partial charge is 0.378 e. The summed E-state index contributed by atoms with van der Waals surface area (Å²) >= 11 is 0. The minimum Gasteiger partial charge on any atom is -0.378 e. The molecule has 4 aliphatic heterocycles. The van der Waals surface area contributed by atoms with Crippen molar-refractivity contribution in [2.24, 2.45) is 5.92 Å². The van der Waals surface area contributed by atoms with Crippen molar-refractivity contribution in [1.82, 2.24) is 9.88 Å². The van der Waals surface area contributed by atoms with Crippen LogP contribution in [0.3, 0.4) is 0 Å². The molecule has 174 valence electrons. The molecular formula is C28H35N3O2. The topological polar surface area (TPSA) is 48.8 Å². The Hall–Kier alpha value is -2.39. The molecule has 4 fully saturated rings. The van der Waals surface area contributed by atoms with Crippen molar-refractivity contribution in [2.45, 2.75) is 50.7 Å². The summed E-state index contributed by atoms with van der Waals surface area (Å²) in [6.07, 6.45) is 5.25. The molecule has 0 aliphatic carbocycles. The van der Waals surface area contributed by atoms with Gasteiger partial charge in [0.05, 0.1) is 11.8 Å². The maximum absolute atomic E-state index is 11.3. The monoisotopic (exact) mass is 445 g/mol. The van der Waals surface area contributed by atoms with Crippen LogP contribution in [0.15, 0.2) is 42.5 Å². The molecule has 1 aromatic carbocycles. The third kappa shape index (κ3) is 5.09. The molecule has 1 atom stereocenters. The Morgan fingerprint density at radius 1 is 1.03 bits per heavy atom. The zero-order chi connectivity index (χ0) is 22.7. The Kier molecular flexibility index (Phi) is 6.69. The molecular weight excluding hydrogens is 410 g/mol. The third-order valence-corrected chi connectivity index (χ3v) is 7.48. The molecule has 6 rings (SSSR count). The van der Waals surface area contributed by atoms with Crippen LogP contribution in [0.4, 0.5) is 5.82 Å². The molecule has 1 aromatic heterocycles. The lowest BCUT2D eigenvalue weighted by Gasteiger charge is -2.47. The molecule has 5 heterocycles. The second-order valence-electron chi connectivity index (χ2n) is 9.69. The van der Waals surface area contributed by atoms with Crippen molar-refractivity contribution in [3.63, 3.8) is 0 Å². The minimum atomic E-state index is -0.902. The van der Waals surface area contributed by atoms with Gasteiger partial charge in [0.25, 0.3) is 0 Å². The average molecular weight is 446 g/mol. The minimum absolute atomic E-state index is 0.284. The van der Waals surface area contributed by atoms with E-state index < -0.39 is 5.60 Å². The summed E-state index contributed by atoms with van der Waals surface area (Å²) in [5.74, 6) is 7.94. The van der Waals surface area contributed by atoms with Crippen LogP contribution in [-0.2, 0) is 11.2 Å². The molecule has 0 saturated carbocycles. The lowest BCUT2D eigenvalue weighted by molar-refractivity contribution is -0.0713. The summed E-state index contributed by atoms with van der Waals surface area (Å²) in [5, 5.41) is 11.3. The van der Waals surface area contributed by atoms with Crippen LogP contribution >= 0.6 is 0 Å². The SMILES string of the molecule is CCOC1CCN(c2ccc(C#C[C@@]3(O)CN4CCC3CC4)c(Cc3ccccc3)n2)CC1. The maximum Gasteiger partial charge on any atom is 0.141 e. The number of aliphatic hydroxyl groups is 1. The van der Waals surface area contributed by atoms with Crippen LogP contribution in [0, 0.1) is 17.8 Å². The zero-order valence-electron chi connectivity index (χ0n) is 19.7. The van der Waals surface area contributed by atoms with Gasteiger partial charge in [-0.05, 0) is 63.4 Å². The number of nitrogens with zero attached hydrogens (tertiary/aromatic N) is 3. The van der Waals surface area contributed by atoms with Crippen molar-refractivity contribution in [2.75, 3.05) is 44.2 Å². The lowest BCUT2D eigenvalue weighted by atomic mass is 9.75. The summed E-state index contributed by atoms with van der Waals surface area (Å²) < 4.78 is 5.82. The molecule has 5 heteroatoms. The number of hydrogen-bond donors (Lipinski definition) is 1. The van der Waals surface area contributed by atoms with Gasteiger partial charge in [-0.3, -0.25) is 4.90 Å². The highest BCUT2D eigenvalue weighted by Crippen LogP contribution is 2.35. The maximum atomic E-state index is 11.3. The smallest absolute Gasteiger partial charge is 0.141 e. The molecule has 2 aromatic rings. The van der Waals surface area contributed by atoms with E-state index in [4.69, 9.17) is 9.72 Å². The summed E-state index contributed by atoms with van der Waals surface area (Å²) in [5.41, 5.74) is 2.24.